The highest BCUT2D eigenvalue weighted by Crippen LogP contribution is 2.21. The van der Waals surface area contributed by atoms with Gasteiger partial charge < -0.3 is 4.90 Å². The number of hydrogen-bond donors (Lipinski definition) is 0. The molecule has 2 aromatic carbocycles. The number of piperidine rings is 1. The first-order chi connectivity index (χ1) is 10.4. The highest BCUT2D eigenvalue weighted by atomic mass is 79.9. The summed E-state index contributed by atoms with van der Waals surface area (Å²) in [6.45, 7) is 3.75. The van der Waals surface area contributed by atoms with Gasteiger partial charge in [0.2, 0.25) is 0 Å². The van der Waals surface area contributed by atoms with Gasteiger partial charge in [0, 0.05) is 13.1 Å². The van der Waals surface area contributed by atoms with Gasteiger partial charge in [-0.1, -0.05) is 60.7 Å². The predicted molar refractivity (Wildman–Crippen MR) is 99.8 cm³/mol. The zero-order valence-electron chi connectivity index (χ0n) is 13.2. The van der Waals surface area contributed by atoms with Crippen molar-refractivity contribution < 1.29 is 0 Å². The quantitative estimate of drug-likeness (QED) is 0.743. The van der Waals surface area contributed by atoms with E-state index in [1.807, 2.05) is 0 Å². The van der Waals surface area contributed by atoms with Crippen molar-refractivity contribution in [1.82, 2.24) is 4.90 Å². The van der Waals surface area contributed by atoms with Gasteiger partial charge in [-0.3, -0.25) is 0 Å². The summed E-state index contributed by atoms with van der Waals surface area (Å²) in [5.41, 5.74) is 2.95. The summed E-state index contributed by atoms with van der Waals surface area (Å²) in [7, 11) is 0. The molecule has 0 aliphatic carbocycles. The lowest BCUT2D eigenvalue weighted by molar-refractivity contribution is 0.176. The van der Waals surface area contributed by atoms with E-state index in [0.717, 1.165) is 5.92 Å². The highest BCUT2D eigenvalue weighted by molar-refractivity contribution is 8.93. The van der Waals surface area contributed by atoms with Crippen LogP contribution < -0.4 is 0 Å². The molecule has 1 aliphatic heterocycles. The van der Waals surface area contributed by atoms with Crippen LogP contribution in [0.5, 0.6) is 0 Å². The standard InChI is InChI=1S/C20H25N.BrH/c1-3-8-18(9-4-1)13-15-21-14-7-12-20(17-21)16-19-10-5-2-6-11-19;/h1-6,8-11,20H,7,12-17H2;1H. The minimum atomic E-state index is 0. The van der Waals surface area contributed by atoms with Crippen molar-refractivity contribution in [3.05, 3.63) is 71.8 Å². The highest BCUT2D eigenvalue weighted by Gasteiger charge is 2.19. The van der Waals surface area contributed by atoms with Gasteiger partial charge in [0.05, 0.1) is 0 Å². The number of benzene rings is 2. The Morgan fingerprint density at radius 1 is 0.864 bits per heavy atom. The van der Waals surface area contributed by atoms with Crippen LogP contribution in [0, 0.1) is 5.92 Å². The molecule has 0 aromatic heterocycles. The van der Waals surface area contributed by atoms with Crippen molar-refractivity contribution in [3.63, 3.8) is 0 Å². The Morgan fingerprint density at radius 3 is 2.18 bits per heavy atom. The molecule has 1 nitrogen and oxygen atoms in total. The smallest absolute Gasteiger partial charge is 0.00219 e. The third-order valence-electron chi connectivity index (χ3n) is 4.53. The summed E-state index contributed by atoms with van der Waals surface area (Å²) >= 11 is 0. The van der Waals surface area contributed by atoms with Crippen LogP contribution in [0.1, 0.15) is 24.0 Å². The Balaban J connectivity index is 0.00000176. The fourth-order valence-corrected chi connectivity index (χ4v) is 3.40. The van der Waals surface area contributed by atoms with Crippen molar-refractivity contribution in [1.29, 1.82) is 0 Å². The molecule has 1 heterocycles. The Kier molecular flexibility index (Phi) is 7.14. The van der Waals surface area contributed by atoms with Crippen LogP contribution in [-0.2, 0) is 12.8 Å². The first-order valence-corrected chi connectivity index (χ1v) is 8.20. The summed E-state index contributed by atoms with van der Waals surface area (Å²) in [6.07, 6.45) is 5.16. The van der Waals surface area contributed by atoms with E-state index < -0.39 is 0 Å². The van der Waals surface area contributed by atoms with Crippen molar-refractivity contribution in [2.24, 2.45) is 5.92 Å². The van der Waals surface area contributed by atoms with Gasteiger partial charge >= 0.3 is 0 Å². The molecule has 1 fully saturated rings. The van der Waals surface area contributed by atoms with E-state index in [0.29, 0.717) is 0 Å². The molecule has 0 N–H and O–H groups in total. The maximum absolute atomic E-state index is 2.66. The van der Waals surface area contributed by atoms with E-state index in [1.54, 1.807) is 0 Å². The minimum Gasteiger partial charge on any atom is -0.303 e. The molecule has 118 valence electrons. The lowest BCUT2D eigenvalue weighted by Gasteiger charge is -2.32. The number of nitrogens with zero attached hydrogens (tertiary/aromatic N) is 1. The zero-order chi connectivity index (χ0) is 14.3. The molecule has 1 atom stereocenters. The largest absolute Gasteiger partial charge is 0.303 e. The molecule has 1 saturated heterocycles. The van der Waals surface area contributed by atoms with E-state index in [9.17, 15) is 0 Å². The van der Waals surface area contributed by atoms with Crippen LogP contribution in [0.2, 0.25) is 0 Å². The van der Waals surface area contributed by atoms with Crippen LogP contribution in [0.3, 0.4) is 0 Å². The van der Waals surface area contributed by atoms with Crippen LogP contribution in [0.25, 0.3) is 0 Å². The van der Waals surface area contributed by atoms with Gasteiger partial charge in [-0.05, 0) is 49.3 Å². The average molecular weight is 360 g/mol. The van der Waals surface area contributed by atoms with Crippen molar-refractivity contribution in [2.75, 3.05) is 19.6 Å². The first kappa shape index (κ1) is 17.2. The van der Waals surface area contributed by atoms with Crippen LogP contribution in [0.15, 0.2) is 60.7 Å². The van der Waals surface area contributed by atoms with Gasteiger partial charge in [-0.25, -0.2) is 0 Å². The van der Waals surface area contributed by atoms with E-state index in [4.69, 9.17) is 0 Å². The van der Waals surface area contributed by atoms with Gasteiger partial charge in [0.25, 0.3) is 0 Å². The topological polar surface area (TPSA) is 3.24 Å². The number of likely N-dealkylation sites (tertiary alicyclic amines) is 1. The van der Waals surface area contributed by atoms with E-state index in [1.165, 1.54) is 56.4 Å². The monoisotopic (exact) mass is 359 g/mol. The van der Waals surface area contributed by atoms with Crippen molar-refractivity contribution in [3.8, 4) is 0 Å². The fourth-order valence-electron chi connectivity index (χ4n) is 3.40. The third kappa shape index (κ3) is 5.26. The first-order valence-electron chi connectivity index (χ1n) is 8.20. The number of halogens is 1. The Bertz CT molecular complexity index is 526. The molecule has 3 rings (SSSR count). The van der Waals surface area contributed by atoms with Crippen molar-refractivity contribution >= 4 is 17.0 Å². The molecule has 22 heavy (non-hydrogen) atoms. The average Bonchev–Trinajstić information content (AvgIpc) is 2.55. The second-order valence-electron chi connectivity index (χ2n) is 6.23. The molecule has 0 amide bonds. The predicted octanol–water partition coefficient (Wildman–Crippen LogP) is 4.76. The zero-order valence-corrected chi connectivity index (χ0v) is 14.9. The van der Waals surface area contributed by atoms with Gasteiger partial charge in [-0.2, -0.15) is 0 Å². The Labute approximate surface area is 145 Å². The number of rotatable bonds is 5. The van der Waals surface area contributed by atoms with Gasteiger partial charge in [0.1, 0.15) is 0 Å². The minimum absolute atomic E-state index is 0. The maximum atomic E-state index is 2.66. The lowest BCUT2D eigenvalue weighted by Crippen LogP contribution is -2.37. The van der Waals surface area contributed by atoms with Crippen LogP contribution in [-0.4, -0.2) is 24.5 Å². The molecular weight excluding hydrogens is 334 g/mol. The molecule has 0 bridgehead atoms. The Morgan fingerprint density at radius 2 is 1.50 bits per heavy atom. The second kappa shape index (κ2) is 9.12. The molecule has 1 unspecified atom stereocenters. The molecule has 1 aliphatic rings. The summed E-state index contributed by atoms with van der Waals surface area (Å²) in [5, 5.41) is 0. The molecular formula is C20H26BrN. The van der Waals surface area contributed by atoms with Crippen molar-refractivity contribution in [2.45, 2.75) is 25.7 Å². The number of hydrogen-bond acceptors (Lipinski definition) is 1. The SMILES string of the molecule is Br.c1ccc(CCN2CCCC(Cc3ccccc3)C2)cc1. The van der Waals surface area contributed by atoms with E-state index in [2.05, 4.69) is 65.6 Å². The Hall–Kier alpha value is -1.12. The van der Waals surface area contributed by atoms with Crippen LogP contribution >= 0.6 is 17.0 Å². The summed E-state index contributed by atoms with van der Waals surface area (Å²) in [4.78, 5) is 2.66. The van der Waals surface area contributed by atoms with E-state index in [-0.39, 0.29) is 17.0 Å². The normalized spacial score (nSPS) is 18.6. The summed E-state index contributed by atoms with van der Waals surface area (Å²) in [6, 6.07) is 21.8. The maximum Gasteiger partial charge on any atom is 0.00219 e. The second-order valence-corrected chi connectivity index (χ2v) is 6.23. The van der Waals surface area contributed by atoms with Crippen LogP contribution in [0.4, 0.5) is 0 Å². The molecule has 0 spiro atoms. The molecule has 2 heteroatoms. The van der Waals surface area contributed by atoms with E-state index >= 15 is 0 Å². The fraction of sp³-hybridized carbons (Fsp3) is 0.400. The third-order valence-corrected chi connectivity index (χ3v) is 4.53. The molecule has 2 aromatic rings. The summed E-state index contributed by atoms with van der Waals surface area (Å²) < 4.78 is 0. The summed E-state index contributed by atoms with van der Waals surface area (Å²) in [5.74, 6) is 0.830. The van der Waals surface area contributed by atoms with Gasteiger partial charge in [0.15, 0.2) is 0 Å². The lowest BCUT2D eigenvalue weighted by atomic mass is 9.91. The molecule has 0 radical (unpaired) electrons. The molecule has 0 saturated carbocycles. The van der Waals surface area contributed by atoms with Gasteiger partial charge in [-0.15, -0.1) is 17.0 Å².